The topological polar surface area (TPSA) is 37.3 Å². The predicted molar refractivity (Wildman–Crippen MR) is 73.2 cm³/mol. The standard InChI is InChI=1S/C16H28O2/c1-15(2)8-4-9-16(3)13(11-18)12(7-10-17)5-6-14(15)16/h11-14,17H,4-10H2,1-3H3/t12-,13+,14+,16-/m1/s1. The Morgan fingerprint density at radius 2 is 1.94 bits per heavy atom. The first kappa shape index (κ1) is 14.0. The monoisotopic (exact) mass is 252 g/mol. The summed E-state index contributed by atoms with van der Waals surface area (Å²) in [5.41, 5.74) is 0.542. The molecule has 0 amide bonds. The Bertz CT molecular complexity index is 310. The van der Waals surface area contributed by atoms with E-state index >= 15 is 0 Å². The lowest BCUT2D eigenvalue weighted by Gasteiger charge is -2.58. The van der Waals surface area contributed by atoms with Gasteiger partial charge in [-0.1, -0.05) is 27.2 Å². The minimum absolute atomic E-state index is 0.156. The molecule has 0 bridgehead atoms. The van der Waals surface area contributed by atoms with Crippen molar-refractivity contribution in [1.82, 2.24) is 0 Å². The maximum Gasteiger partial charge on any atom is 0.123 e. The second-order valence-electron chi connectivity index (χ2n) is 7.41. The van der Waals surface area contributed by atoms with Gasteiger partial charge in [0.2, 0.25) is 0 Å². The Morgan fingerprint density at radius 1 is 1.22 bits per heavy atom. The summed E-state index contributed by atoms with van der Waals surface area (Å²) in [7, 11) is 0. The predicted octanol–water partition coefficient (Wildman–Crippen LogP) is 3.43. The number of rotatable bonds is 3. The summed E-state index contributed by atoms with van der Waals surface area (Å²) in [5, 5.41) is 9.20. The number of fused-ring (bicyclic) bond motifs is 1. The number of hydrogen-bond donors (Lipinski definition) is 1. The lowest BCUT2D eigenvalue weighted by molar-refractivity contribution is -0.135. The Kier molecular flexibility index (Phi) is 3.87. The van der Waals surface area contributed by atoms with Crippen molar-refractivity contribution >= 4 is 6.29 Å². The van der Waals surface area contributed by atoms with Crippen molar-refractivity contribution in [3.8, 4) is 0 Å². The molecule has 2 nitrogen and oxygen atoms in total. The first-order chi connectivity index (χ1) is 8.45. The highest BCUT2D eigenvalue weighted by atomic mass is 16.3. The molecular weight excluding hydrogens is 224 g/mol. The van der Waals surface area contributed by atoms with E-state index < -0.39 is 0 Å². The number of aldehydes is 1. The normalized spacial score (nSPS) is 43.2. The van der Waals surface area contributed by atoms with Crippen LogP contribution in [0, 0.1) is 28.6 Å². The van der Waals surface area contributed by atoms with E-state index in [0.29, 0.717) is 17.3 Å². The van der Waals surface area contributed by atoms with Gasteiger partial charge in [-0.2, -0.15) is 0 Å². The molecule has 18 heavy (non-hydrogen) atoms. The van der Waals surface area contributed by atoms with E-state index in [-0.39, 0.29) is 17.9 Å². The maximum atomic E-state index is 11.6. The molecule has 2 fully saturated rings. The minimum Gasteiger partial charge on any atom is -0.396 e. The Balaban J connectivity index is 2.28. The average molecular weight is 252 g/mol. The van der Waals surface area contributed by atoms with Crippen molar-refractivity contribution in [2.24, 2.45) is 28.6 Å². The van der Waals surface area contributed by atoms with Crippen molar-refractivity contribution < 1.29 is 9.90 Å². The Hall–Kier alpha value is -0.370. The molecule has 2 aliphatic carbocycles. The highest BCUT2D eigenvalue weighted by Crippen LogP contribution is 2.60. The first-order valence-corrected chi connectivity index (χ1v) is 7.52. The second-order valence-corrected chi connectivity index (χ2v) is 7.41. The van der Waals surface area contributed by atoms with E-state index in [0.717, 1.165) is 12.8 Å². The third-order valence-corrected chi connectivity index (χ3v) is 6.02. The molecule has 1 N–H and O–H groups in total. The second kappa shape index (κ2) is 4.96. The number of carbonyl (C=O) groups excluding carboxylic acids is 1. The van der Waals surface area contributed by atoms with E-state index in [2.05, 4.69) is 20.8 Å². The molecule has 2 aliphatic rings. The minimum atomic E-state index is 0.156. The van der Waals surface area contributed by atoms with Crippen LogP contribution in [0.5, 0.6) is 0 Å². The maximum absolute atomic E-state index is 11.6. The molecular formula is C16H28O2. The molecule has 0 unspecified atom stereocenters. The van der Waals surface area contributed by atoms with Crippen LogP contribution in [-0.2, 0) is 4.79 Å². The molecule has 0 heterocycles. The van der Waals surface area contributed by atoms with Crippen LogP contribution in [0.4, 0.5) is 0 Å². The van der Waals surface area contributed by atoms with Gasteiger partial charge in [0, 0.05) is 12.5 Å². The number of aliphatic hydroxyl groups excluding tert-OH is 1. The van der Waals surface area contributed by atoms with Crippen LogP contribution >= 0.6 is 0 Å². The van der Waals surface area contributed by atoms with Gasteiger partial charge in [0.15, 0.2) is 0 Å². The van der Waals surface area contributed by atoms with Gasteiger partial charge < -0.3 is 9.90 Å². The SMILES string of the molecule is CC1(C)CCC[C@]2(C)[C@@H](C=O)[C@@H](CCO)CC[C@@H]12. The van der Waals surface area contributed by atoms with Gasteiger partial charge in [-0.05, 0) is 54.8 Å². The molecule has 0 aromatic heterocycles. The molecule has 0 aromatic carbocycles. The molecule has 4 atom stereocenters. The summed E-state index contributed by atoms with van der Waals surface area (Å²) in [5.74, 6) is 1.23. The summed E-state index contributed by atoms with van der Waals surface area (Å²) < 4.78 is 0. The summed E-state index contributed by atoms with van der Waals surface area (Å²) in [6.45, 7) is 7.31. The van der Waals surface area contributed by atoms with Crippen molar-refractivity contribution in [2.45, 2.75) is 59.3 Å². The van der Waals surface area contributed by atoms with E-state index in [1.54, 1.807) is 0 Å². The van der Waals surface area contributed by atoms with Crippen molar-refractivity contribution in [2.75, 3.05) is 6.61 Å². The molecule has 2 saturated carbocycles. The molecule has 0 saturated heterocycles. The van der Waals surface area contributed by atoms with Crippen LogP contribution in [0.1, 0.15) is 59.3 Å². The van der Waals surface area contributed by atoms with Crippen LogP contribution in [0.3, 0.4) is 0 Å². The Morgan fingerprint density at radius 3 is 2.56 bits per heavy atom. The summed E-state index contributed by atoms with van der Waals surface area (Å²) >= 11 is 0. The van der Waals surface area contributed by atoms with Crippen molar-refractivity contribution in [3.05, 3.63) is 0 Å². The fraction of sp³-hybridized carbons (Fsp3) is 0.938. The van der Waals surface area contributed by atoms with Gasteiger partial charge in [0.25, 0.3) is 0 Å². The number of hydrogen-bond acceptors (Lipinski definition) is 2. The first-order valence-electron chi connectivity index (χ1n) is 7.52. The fourth-order valence-corrected chi connectivity index (χ4v) is 5.14. The van der Waals surface area contributed by atoms with Gasteiger partial charge in [-0.15, -0.1) is 0 Å². The molecule has 0 spiro atoms. The van der Waals surface area contributed by atoms with E-state index in [9.17, 15) is 9.90 Å². The third-order valence-electron chi connectivity index (χ3n) is 6.02. The van der Waals surface area contributed by atoms with E-state index in [1.807, 2.05) is 0 Å². The van der Waals surface area contributed by atoms with Crippen molar-refractivity contribution in [3.63, 3.8) is 0 Å². The van der Waals surface area contributed by atoms with Crippen LogP contribution in [0.25, 0.3) is 0 Å². The van der Waals surface area contributed by atoms with Gasteiger partial charge in [0.05, 0.1) is 0 Å². The van der Waals surface area contributed by atoms with E-state index in [4.69, 9.17) is 0 Å². The van der Waals surface area contributed by atoms with Gasteiger partial charge in [-0.3, -0.25) is 0 Å². The lowest BCUT2D eigenvalue weighted by atomic mass is 9.46. The summed E-state index contributed by atoms with van der Waals surface area (Å²) in [6, 6.07) is 0. The lowest BCUT2D eigenvalue weighted by Crippen LogP contribution is -2.52. The summed E-state index contributed by atoms with van der Waals surface area (Å²) in [4.78, 5) is 11.6. The van der Waals surface area contributed by atoms with Gasteiger partial charge >= 0.3 is 0 Å². The van der Waals surface area contributed by atoms with Crippen molar-refractivity contribution in [1.29, 1.82) is 0 Å². The van der Waals surface area contributed by atoms with Crippen LogP contribution < -0.4 is 0 Å². The highest BCUT2D eigenvalue weighted by Gasteiger charge is 2.54. The zero-order valence-electron chi connectivity index (χ0n) is 12.1. The zero-order valence-corrected chi connectivity index (χ0v) is 12.1. The fourth-order valence-electron chi connectivity index (χ4n) is 5.14. The van der Waals surface area contributed by atoms with Crippen LogP contribution in [0.2, 0.25) is 0 Å². The van der Waals surface area contributed by atoms with Gasteiger partial charge in [-0.25, -0.2) is 0 Å². The molecule has 2 heteroatoms. The van der Waals surface area contributed by atoms with Crippen LogP contribution in [-0.4, -0.2) is 18.0 Å². The highest BCUT2D eigenvalue weighted by molar-refractivity contribution is 5.56. The molecule has 0 aromatic rings. The third kappa shape index (κ3) is 2.13. The van der Waals surface area contributed by atoms with Crippen LogP contribution in [0.15, 0.2) is 0 Å². The largest absolute Gasteiger partial charge is 0.396 e. The number of carbonyl (C=O) groups is 1. The quantitative estimate of drug-likeness (QED) is 0.781. The van der Waals surface area contributed by atoms with Gasteiger partial charge in [0.1, 0.15) is 6.29 Å². The molecule has 0 aliphatic heterocycles. The number of aliphatic hydroxyl groups is 1. The molecule has 0 radical (unpaired) electrons. The molecule has 2 rings (SSSR count). The summed E-state index contributed by atoms with van der Waals surface area (Å²) in [6.07, 6.45) is 8.08. The molecule has 104 valence electrons. The smallest absolute Gasteiger partial charge is 0.123 e. The Labute approximate surface area is 111 Å². The average Bonchev–Trinajstić information content (AvgIpc) is 2.28. The zero-order chi connectivity index (χ0) is 13.4. The van der Waals surface area contributed by atoms with E-state index in [1.165, 1.54) is 32.0 Å².